The molecule has 0 bridgehead atoms. The van der Waals surface area contributed by atoms with E-state index in [0.717, 1.165) is 0 Å². The Labute approximate surface area is 85.1 Å². The summed E-state index contributed by atoms with van der Waals surface area (Å²) in [6, 6.07) is 4.19. The van der Waals surface area contributed by atoms with Gasteiger partial charge in [0.25, 0.3) is 0 Å². The molecule has 2 aromatic rings. The fraction of sp³-hybridized carbons (Fsp3) is 0. The Bertz CT molecular complexity index is 479. The number of rotatable bonds is 2. The average molecular weight is 204 g/mol. The largest absolute Gasteiger partial charge is 0.508 e. The van der Waals surface area contributed by atoms with E-state index in [9.17, 15) is 10.2 Å². The molecule has 0 fully saturated rings. The molecule has 0 aliphatic carbocycles. The molecular weight excluding hydrogens is 196 g/mol. The number of hydrogen-bond donors (Lipinski definition) is 2. The Morgan fingerprint density at radius 3 is 2.67 bits per heavy atom. The second-order valence-corrected chi connectivity index (χ2v) is 2.83. The van der Waals surface area contributed by atoms with Gasteiger partial charge in [-0.05, 0) is 18.2 Å². The van der Waals surface area contributed by atoms with Crippen LogP contribution in [-0.2, 0) is 0 Å². The van der Waals surface area contributed by atoms with E-state index in [1.54, 1.807) is 0 Å². The fourth-order valence-corrected chi connectivity index (χ4v) is 1.03. The van der Waals surface area contributed by atoms with Crippen molar-refractivity contribution < 1.29 is 10.2 Å². The molecule has 2 N–H and O–H groups in total. The van der Waals surface area contributed by atoms with Crippen LogP contribution < -0.4 is 0 Å². The first-order chi connectivity index (χ1) is 7.25. The molecule has 0 radical (unpaired) electrons. The molecule has 0 spiro atoms. The van der Waals surface area contributed by atoms with Crippen LogP contribution in [0.5, 0.6) is 11.5 Å². The van der Waals surface area contributed by atoms with Gasteiger partial charge in [-0.25, -0.2) is 4.68 Å². The summed E-state index contributed by atoms with van der Waals surface area (Å²) in [7, 11) is 0. The topological polar surface area (TPSA) is 83.5 Å². The Morgan fingerprint density at radius 2 is 1.93 bits per heavy atom. The SMILES string of the molecule is Oc1ccc(O)c(/C=N/n2cnnc2)c1. The summed E-state index contributed by atoms with van der Waals surface area (Å²) in [5, 5.41) is 29.7. The van der Waals surface area contributed by atoms with Crippen molar-refractivity contribution in [2.45, 2.75) is 0 Å². The highest BCUT2D eigenvalue weighted by atomic mass is 16.3. The van der Waals surface area contributed by atoms with Gasteiger partial charge < -0.3 is 10.2 Å². The highest BCUT2D eigenvalue weighted by Crippen LogP contribution is 2.20. The molecule has 1 heterocycles. The third kappa shape index (κ3) is 2.11. The molecule has 0 amide bonds. The molecule has 1 aromatic heterocycles. The lowest BCUT2D eigenvalue weighted by molar-refractivity contribution is 0.459. The number of benzene rings is 1. The third-order valence-corrected chi connectivity index (χ3v) is 1.75. The number of aromatic nitrogens is 3. The van der Waals surface area contributed by atoms with Gasteiger partial charge in [-0.2, -0.15) is 5.10 Å². The standard InChI is InChI=1S/C9H8N4O2/c14-8-1-2-9(15)7(3-8)4-12-13-5-10-11-6-13/h1-6,14-15H/b12-4+. The van der Waals surface area contributed by atoms with Crippen molar-refractivity contribution in [1.29, 1.82) is 0 Å². The van der Waals surface area contributed by atoms with Crippen molar-refractivity contribution in [3.8, 4) is 11.5 Å². The van der Waals surface area contributed by atoms with E-state index in [4.69, 9.17) is 0 Å². The minimum absolute atomic E-state index is 0.0459. The van der Waals surface area contributed by atoms with Crippen LogP contribution in [0.4, 0.5) is 0 Å². The summed E-state index contributed by atoms with van der Waals surface area (Å²) in [5.74, 6) is 0.114. The summed E-state index contributed by atoms with van der Waals surface area (Å²) in [5.41, 5.74) is 0.420. The second-order valence-electron chi connectivity index (χ2n) is 2.83. The maximum Gasteiger partial charge on any atom is 0.141 e. The van der Waals surface area contributed by atoms with Crippen molar-refractivity contribution in [2.75, 3.05) is 0 Å². The fourth-order valence-electron chi connectivity index (χ4n) is 1.03. The molecule has 0 aliphatic heterocycles. The molecule has 76 valence electrons. The summed E-state index contributed by atoms with van der Waals surface area (Å²) in [6.07, 6.45) is 4.23. The Morgan fingerprint density at radius 1 is 1.20 bits per heavy atom. The molecule has 6 heteroatoms. The minimum atomic E-state index is 0.0459. The van der Waals surface area contributed by atoms with Crippen molar-refractivity contribution in [2.24, 2.45) is 5.10 Å². The third-order valence-electron chi connectivity index (χ3n) is 1.75. The van der Waals surface area contributed by atoms with Crippen LogP contribution in [0.1, 0.15) is 5.56 Å². The summed E-state index contributed by atoms with van der Waals surface area (Å²) < 4.78 is 1.38. The summed E-state index contributed by atoms with van der Waals surface area (Å²) in [4.78, 5) is 0. The summed E-state index contributed by atoms with van der Waals surface area (Å²) in [6.45, 7) is 0. The summed E-state index contributed by atoms with van der Waals surface area (Å²) >= 11 is 0. The predicted octanol–water partition coefficient (Wildman–Crippen LogP) is 0.571. The number of nitrogens with zero attached hydrogens (tertiary/aromatic N) is 4. The lowest BCUT2D eigenvalue weighted by Crippen LogP contribution is -1.87. The molecule has 0 aliphatic rings. The molecule has 6 nitrogen and oxygen atoms in total. The van der Waals surface area contributed by atoms with Crippen molar-refractivity contribution in [1.82, 2.24) is 14.9 Å². The maximum atomic E-state index is 9.42. The quantitative estimate of drug-likeness (QED) is 0.553. The van der Waals surface area contributed by atoms with Gasteiger partial charge in [0.15, 0.2) is 0 Å². The van der Waals surface area contributed by atoms with Gasteiger partial charge in [-0.1, -0.05) is 0 Å². The highest BCUT2D eigenvalue weighted by molar-refractivity contribution is 5.83. The van der Waals surface area contributed by atoms with E-state index < -0.39 is 0 Å². The molecule has 0 atom stereocenters. The van der Waals surface area contributed by atoms with Gasteiger partial charge in [0.05, 0.1) is 6.21 Å². The van der Waals surface area contributed by atoms with Crippen LogP contribution in [0, 0.1) is 0 Å². The van der Waals surface area contributed by atoms with E-state index >= 15 is 0 Å². The number of phenols is 2. The average Bonchev–Trinajstić information content (AvgIpc) is 2.72. The zero-order valence-corrected chi connectivity index (χ0v) is 7.65. The lowest BCUT2D eigenvalue weighted by Gasteiger charge is -1.98. The van der Waals surface area contributed by atoms with E-state index in [0.29, 0.717) is 5.56 Å². The lowest BCUT2D eigenvalue weighted by atomic mass is 10.2. The van der Waals surface area contributed by atoms with Crippen molar-refractivity contribution >= 4 is 6.21 Å². The molecular formula is C9H8N4O2. The van der Waals surface area contributed by atoms with Crippen molar-refractivity contribution in [3.05, 3.63) is 36.4 Å². The zero-order valence-electron chi connectivity index (χ0n) is 7.65. The highest BCUT2D eigenvalue weighted by Gasteiger charge is 1.98. The molecule has 0 saturated heterocycles. The zero-order chi connectivity index (χ0) is 10.7. The Kier molecular flexibility index (Phi) is 2.32. The van der Waals surface area contributed by atoms with Crippen LogP contribution in [-0.4, -0.2) is 31.3 Å². The van der Waals surface area contributed by atoms with Gasteiger partial charge >= 0.3 is 0 Å². The van der Waals surface area contributed by atoms with Gasteiger partial charge in [0, 0.05) is 5.56 Å². The normalized spacial score (nSPS) is 10.9. The molecule has 1 aromatic carbocycles. The molecule has 2 rings (SSSR count). The Hall–Kier alpha value is -2.37. The Balaban J connectivity index is 2.27. The van der Waals surface area contributed by atoms with Crippen LogP contribution in [0.15, 0.2) is 36.0 Å². The maximum absolute atomic E-state index is 9.42. The predicted molar refractivity (Wildman–Crippen MR) is 52.8 cm³/mol. The van der Waals surface area contributed by atoms with E-state index in [1.807, 2.05) is 0 Å². The van der Waals surface area contributed by atoms with Gasteiger partial charge in [-0.15, -0.1) is 10.2 Å². The molecule has 0 unspecified atom stereocenters. The number of hydrogen-bond acceptors (Lipinski definition) is 5. The number of aromatic hydroxyl groups is 2. The first-order valence-electron chi connectivity index (χ1n) is 4.16. The monoisotopic (exact) mass is 204 g/mol. The molecule has 15 heavy (non-hydrogen) atoms. The first-order valence-corrected chi connectivity index (χ1v) is 4.16. The van der Waals surface area contributed by atoms with Gasteiger partial charge in [-0.3, -0.25) is 0 Å². The minimum Gasteiger partial charge on any atom is -0.508 e. The van der Waals surface area contributed by atoms with Gasteiger partial charge in [0.2, 0.25) is 0 Å². The first kappa shape index (κ1) is 9.20. The smallest absolute Gasteiger partial charge is 0.141 e. The van der Waals surface area contributed by atoms with Gasteiger partial charge in [0.1, 0.15) is 24.2 Å². The second kappa shape index (κ2) is 3.79. The van der Waals surface area contributed by atoms with Crippen molar-refractivity contribution in [3.63, 3.8) is 0 Å². The molecule has 0 saturated carbocycles. The van der Waals surface area contributed by atoms with Crippen LogP contribution >= 0.6 is 0 Å². The van der Waals surface area contributed by atoms with Crippen LogP contribution in [0.3, 0.4) is 0 Å². The van der Waals surface area contributed by atoms with Crippen LogP contribution in [0.25, 0.3) is 0 Å². The van der Waals surface area contributed by atoms with Crippen LogP contribution in [0.2, 0.25) is 0 Å². The van der Waals surface area contributed by atoms with E-state index in [1.165, 1.54) is 41.7 Å². The van der Waals surface area contributed by atoms with E-state index in [-0.39, 0.29) is 11.5 Å². The van der Waals surface area contributed by atoms with E-state index in [2.05, 4.69) is 15.3 Å². The number of phenolic OH excluding ortho intramolecular Hbond substituents is 2.